The minimum Gasteiger partial charge on any atom is -0.368 e. The van der Waals surface area contributed by atoms with E-state index in [1.165, 1.54) is 18.9 Å². The van der Waals surface area contributed by atoms with Gasteiger partial charge in [0.2, 0.25) is 0 Å². The van der Waals surface area contributed by atoms with E-state index in [9.17, 15) is 10.1 Å². The molecule has 19 heavy (non-hydrogen) atoms. The van der Waals surface area contributed by atoms with E-state index in [2.05, 4.69) is 22.2 Å². The molecule has 1 aliphatic rings. The van der Waals surface area contributed by atoms with Gasteiger partial charge in [0, 0.05) is 24.3 Å². The Labute approximate surface area is 113 Å². The predicted octanol–water partition coefficient (Wildman–Crippen LogP) is 2.19. The maximum absolute atomic E-state index is 10.9. The molecule has 0 spiro atoms. The first-order chi connectivity index (χ1) is 9.08. The smallest absolute Gasteiger partial charge is 0.277 e. The number of aryl methyl sites for hydroxylation is 1. The summed E-state index contributed by atoms with van der Waals surface area (Å²) in [5.74, 6) is 0.580. The molecule has 6 nitrogen and oxygen atoms in total. The number of aromatic nitrogens is 1. The quantitative estimate of drug-likeness (QED) is 0.666. The van der Waals surface area contributed by atoms with Crippen molar-refractivity contribution in [1.82, 2.24) is 9.88 Å². The highest BCUT2D eigenvalue weighted by molar-refractivity contribution is 5.48. The molecule has 1 fully saturated rings. The summed E-state index contributed by atoms with van der Waals surface area (Å²) in [5.41, 5.74) is 0.708. The number of likely N-dealkylation sites (N-methyl/N-ethyl adjacent to an activating group) is 1. The van der Waals surface area contributed by atoms with Gasteiger partial charge < -0.3 is 10.2 Å². The lowest BCUT2D eigenvalue weighted by Gasteiger charge is -2.32. The van der Waals surface area contributed by atoms with Crippen molar-refractivity contribution in [3.05, 3.63) is 27.9 Å². The Morgan fingerprint density at radius 3 is 3.05 bits per heavy atom. The first-order valence-electron chi connectivity index (χ1n) is 6.63. The summed E-state index contributed by atoms with van der Waals surface area (Å²) in [7, 11) is 2.12. The largest absolute Gasteiger partial charge is 0.368 e. The summed E-state index contributed by atoms with van der Waals surface area (Å²) in [5, 5.41) is 14.1. The van der Waals surface area contributed by atoms with Crippen LogP contribution in [0.4, 0.5) is 11.5 Å². The molecule has 104 valence electrons. The number of hydrogen-bond acceptors (Lipinski definition) is 5. The van der Waals surface area contributed by atoms with E-state index in [0.29, 0.717) is 17.4 Å². The third-order valence-corrected chi connectivity index (χ3v) is 3.71. The number of nitrogens with zero attached hydrogens (tertiary/aromatic N) is 3. The van der Waals surface area contributed by atoms with Gasteiger partial charge in [-0.3, -0.25) is 10.1 Å². The van der Waals surface area contributed by atoms with E-state index in [-0.39, 0.29) is 10.6 Å². The Balaban J connectivity index is 1.99. The monoisotopic (exact) mass is 264 g/mol. The summed E-state index contributed by atoms with van der Waals surface area (Å²) in [4.78, 5) is 17.0. The van der Waals surface area contributed by atoms with Gasteiger partial charge in [-0.25, -0.2) is 4.98 Å². The number of likely N-dealkylation sites (tertiary alicyclic amines) is 1. The highest BCUT2D eigenvalue weighted by Crippen LogP contribution is 2.21. The van der Waals surface area contributed by atoms with Crippen LogP contribution >= 0.6 is 0 Å². The lowest BCUT2D eigenvalue weighted by molar-refractivity contribution is -0.385. The molecule has 0 bridgehead atoms. The fraction of sp³-hybridized carbons (Fsp3) is 0.615. The summed E-state index contributed by atoms with van der Waals surface area (Å²) in [6.07, 6.45) is 5.21. The fourth-order valence-electron chi connectivity index (χ4n) is 2.43. The summed E-state index contributed by atoms with van der Waals surface area (Å²) in [6.45, 7) is 3.60. The maximum Gasteiger partial charge on any atom is 0.277 e. The Morgan fingerprint density at radius 2 is 2.37 bits per heavy atom. The van der Waals surface area contributed by atoms with Gasteiger partial charge in [0.25, 0.3) is 5.69 Å². The second-order valence-electron chi connectivity index (χ2n) is 5.12. The first kappa shape index (κ1) is 13.7. The summed E-state index contributed by atoms with van der Waals surface area (Å²) < 4.78 is 0. The highest BCUT2D eigenvalue weighted by atomic mass is 16.6. The Kier molecular flexibility index (Phi) is 4.31. The zero-order valence-corrected chi connectivity index (χ0v) is 11.4. The molecule has 6 heteroatoms. The Morgan fingerprint density at radius 1 is 1.58 bits per heavy atom. The van der Waals surface area contributed by atoms with E-state index in [4.69, 9.17) is 0 Å². The fourth-order valence-corrected chi connectivity index (χ4v) is 2.43. The molecular weight excluding hydrogens is 244 g/mol. The molecule has 1 saturated heterocycles. The van der Waals surface area contributed by atoms with Crippen LogP contribution in [0.25, 0.3) is 0 Å². The second-order valence-corrected chi connectivity index (χ2v) is 5.12. The highest BCUT2D eigenvalue weighted by Gasteiger charge is 2.19. The molecule has 0 saturated carbocycles. The SMILES string of the molecule is Cc1cnc(NCC2CCCCN2C)cc1[N+](=O)[O-]. The number of hydrogen-bond donors (Lipinski definition) is 1. The van der Waals surface area contributed by atoms with Crippen LogP contribution in [0.3, 0.4) is 0 Å². The molecule has 1 aliphatic heterocycles. The van der Waals surface area contributed by atoms with Crippen LogP contribution in [0.15, 0.2) is 12.3 Å². The minimum absolute atomic E-state index is 0.120. The molecule has 2 rings (SSSR count). The molecule has 1 unspecified atom stereocenters. The minimum atomic E-state index is -0.366. The molecule has 0 amide bonds. The number of nitro groups is 1. The van der Waals surface area contributed by atoms with Crippen molar-refractivity contribution in [1.29, 1.82) is 0 Å². The molecule has 0 aromatic carbocycles. The van der Waals surface area contributed by atoms with Crippen LogP contribution in [0.1, 0.15) is 24.8 Å². The molecular formula is C13H20N4O2. The Hall–Kier alpha value is -1.69. The van der Waals surface area contributed by atoms with Gasteiger partial charge in [0.1, 0.15) is 5.82 Å². The number of anilines is 1. The van der Waals surface area contributed by atoms with Gasteiger partial charge in [0.05, 0.1) is 11.0 Å². The van der Waals surface area contributed by atoms with Crippen LogP contribution in [0, 0.1) is 17.0 Å². The zero-order chi connectivity index (χ0) is 13.8. The van der Waals surface area contributed by atoms with E-state index in [0.717, 1.165) is 19.5 Å². The number of rotatable bonds is 4. The van der Waals surface area contributed by atoms with Crippen molar-refractivity contribution in [3.63, 3.8) is 0 Å². The summed E-state index contributed by atoms with van der Waals surface area (Å²) >= 11 is 0. The van der Waals surface area contributed by atoms with Gasteiger partial charge in [-0.2, -0.15) is 0 Å². The van der Waals surface area contributed by atoms with E-state index < -0.39 is 0 Å². The van der Waals surface area contributed by atoms with Gasteiger partial charge in [-0.15, -0.1) is 0 Å². The lowest BCUT2D eigenvalue weighted by atomic mass is 10.0. The number of piperidine rings is 1. The molecule has 2 heterocycles. The van der Waals surface area contributed by atoms with Crippen molar-refractivity contribution >= 4 is 11.5 Å². The number of pyridine rings is 1. The standard InChI is InChI=1S/C13H20N4O2/c1-10-8-14-13(7-12(10)17(18)19)15-9-11-5-3-4-6-16(11)2/h7-8,11H,3-6,9H2,1-2H3,(H,14,15). The predicted molar refractivity (Wildman–Crippen MR) is 74.4 cm³/mol. The van der Waals surface area contributed by atoms with Gasteiger partial charge in [-0.1, -0.05) is 6.42 Å². The van der Waals surface area contributed by atoms with Crippen LogP contribution in [0.5, 0.6) is 0 Å². The normalized spacial score (nSPS) is 20.2. The van der Waals surface area contributed by atoms with Gasteiger partial charge >= 0.3 is 0 Å². The van der Waals surface area contributed by atoms with Gasteiger partial charge in [0.15, 0.2) is 0 Å². The van der Waals surface area contributed by atoms with Crippen LogP contribution in [-0.4, -0.2) is 41.0 Å². The van der Waals surface area contributed by atoms with Crippen molar-refractivity contribution in [2.45, 2.75) is 32.2 Å². The van der Waals surface area contributed by atoms with Crippen molar-refractivity contribution < 1.29 is 4.92 Å². The average Bonchev–Trinajstić information content (AvgIpc) is 2.39. The topological polar surface area (TPSA) is 71.3 Å². The lowest BCUT2D eigenvalue weighted by Crippen LogP contribution is -2.40. The van der Waals surface area contributed by atoms with Gasteiger partial charge in [-0.05, 0) is 33.4 Å². The Bertz CT molecular complexity index is 464. The molecule has 1 N–H and O–H groups in total. The van der Waals surface area contributed by atoms with E-state index in [1.54, 1.807) is 13.1 Å². The van der Waals surface area contributed by atoms with Crippen molar-refractivity contribution in [2.24, 2.45) is 0 Å². The molecule has 1 atom stereocenters. The zero-order valence-electron chi connectivity index (χ0n) is 11.4. The third-order valence-electron chi connectivity index (χ3n) is 3.71. The third kappa shape index (κ3) is 3.41. The van der Waals surface area contributed by atoms with Crippen LogP contribution in [0.2, 0.25) is 0 Å². The van der Waals surface area contributed by atoms with Crippen LogP contribution in [-0.2, 0) is 0 Å². The van der Waals surface area contributed by atoms with E-state index in [1.807, 2.05) is 0 Å². The number of nitrogens with one attached hydrogen (secondary N) is 1. The second kappa shape index (κ2) is 5.97. The van der Waals surface area contributed by atoms with Crippen molar-refractivity contribution in [2.75, 3.05) is 25.5 Å². The molecule has 1 aromatic heterocycles. The molecule has 0 radical (unpaired) electrons. The molecule has 0 aliphatic carbocycles. The van der Waals surface area contributed by atoms with Crippen molar-refractivity contribution in [3.8, 4) is 0 Å². The molecule has 1 aromatic rings. The van der Waals surface area contributed by atoms with E-state index >= 15 is 0 Å². The van der Waals surface area contributed by atoms with Crippen LogP contribution < -0.4 is 5.32 Å². The summed E-state index contributed by atoms with van der Waals surface area (Å²) in [6, 6.07) is 1.99. The maximum atomic E-state index is 10.9. The first-order valence-corrected chi connectivity index (χ1v) is 6.63. The average molecular weight is 264 g/mol.